The molecule has 1 aliphatic heterocycles. The molecule has 8 nitrogen and oxygen atoms in total. The average molecular weight is 503 g/mol. The van der Waals surface area contributed by atoms with Gasteiger partial charge in [0.05, 0.1) is 0 Å². The smallest absolute Gasteiger partial charge is 0.387 e. The predicted molar refractivity (Wildman–Crippen MR) is 112 cm³/mol. The number of halogens is 5. The Labute approximate surface area is 195 Å². The lowest BCUT2D eigenvalue weighted by molar-refractivity contribution is -0.154. The van der Waals surface area contributed by atoms with Gasteiger partial charge in [-0.3, -0.25) is 15.0 Å². The number of aliphatic hydroxyl groups excluding tert-OH is 1. The van der Waals surface area contributed by atoms with Crippen molar-refractivity contribution in [3.63, 3.8) is 0 Å². The van der Waals surface area contributed by atoms with E-state index in [0.717, 1.165) is 29.2 Å². The second-order valence-corrected chi connectivity index (χ2v) is 7.82. The Hall–Kier alpha value is -3.38. The number of hydrogen-bond donors (Lipinski definition) is 4. The molecule has 0 bridgehead atoms. The van der Waals surface area contributed by atoms with Crippen molar-refractivity contribution in [2.75, 3.05) is 6.54 Å². The molecule has 1 saturated heterocycles. The van der Waals surface area contributed by atoms with Gasteiger partial charge in [0.1, 0.15) is 29.3 Å². The van der Waals surface area contributed by atoms with Crippen molar-refractivity contribution in [2.45, 2.75) is 31.7 Å². The lowest BCUT2D eigenvalue weighted by Gasteiger charge is -2.40. The van der Waals surface area contributed by atoms with Crippen LogP contribution in [0.4, 0.5) is 17.6 Å². The third-order valence-corrected chi connectivity index (χ3v) is 5.38. The molecular formula is C21H19ClF4N4O4. The van der Waals surface area contributed by atoms with Crippen LogP contribution in [0.2, 0.25) is 5.02 Å². The summed E-state index contributed by atoms with van der Waals surface area (Å²) in [5.41, 5.74) is 4.48. The minimum absolute atomic E-state index is 0.0576. The van der Waals surface area contributed by atoms with Gasteiger partial charge in [-0.2, -0.15) is 8.78 Å². The van der Waals surface area contributed by atoms with Crippen LogP contribution < -0.4 is 15.8 Å². The molecule has 1 heterocycles. The number of aliphatic hydroxyl groups is 1. The van der Waals surface area contributed by atoms with Crippen molar-refractivity contribution in [3.8, 4) is 5.75 Å². The molecule has 0 radical (unpaired) electrons. The van der Waals surface area contributed by atoms with Gasteiger partial charge < -0.3 is 25.8 Å². The highest BCUT2D eigenvalue weighted by Gasteiger charge is 2.40. The van der Waals surface area contributed by atoms with E-state index in [1.807, 2.05) is 0 Å². The van der Waals surface area contributed by atoms with Gasteiger partial charge in [0, 0.05) is 29.2 Å². The summed E-state index contributed by atoms with van der Waals surface area (Å²) in [6.07, 6.45) is -1.59. The van der Waals surface area contributed by atoms with Gasteiger partial charge >= 0.3 is 6.61 Å². The summed E-state index contributed by atoms with van der Waals surface area (Å²) < 4.78 is 57.5. The maximum Gasteiger partial charge on any atom is 0.387 e. The summed E-state index contributed by atoms with van der Waals surface area (Å²) >= 11 is 5.84. The van der Waals surface area contributed by atoms with E-state index in [4.69, 9.17) is 22.7 Å². The fraction of sp³-hybridized carbons (Fsp3) is 0.286. The second-order valence-electron chi connectivity index (χ2n) is 7.39. The van der Waals surface area contributed by atoms with Gasteiger partial charge in [0.2, 0.25) is 5.91 Å². The number of nitrogens with zero attached hydrogens (tertiary/aromatic N) is 1. The maximum atomic E-state index is 14.2. The zero-order valence-electron chi connectivity index (χ0n) is 17.3. The molecule has 0 spiro atoms. The Bertz CT molecular complexity index is 1110. The number of likely N-dealkylation sites (tertiary alicyclic amines) is 1. The van der Waals surface area contributed by atoms with Gasteiger partial charge in [0.15, 0.2) is 6.10 Å². The number of rotatable bonds is 8. The largest absolute Gasteiger partial charge is 0.435 e. The molecule has 0 aromatic heterocycles. The summed E-state index contributed by atoms with van der Waals surface area (Å²) in [6.45, 7) is -3.56. The van der Waals surface area contributed by atoms with Crippen molar-refractivity contribution in [1.82, 2.24) is 10.2 Å². The summed E-state index contributed by atoms with van der Waals surface area (Å²) in [5.74, 6) is -4.50. The summed E-state index contributed by atoms with van der Waals surface area (Å²) in [5, 5.41) is 19.9. The maximum absolute atomic E-state index is 14.2. The molecule has 1 aliphatic rings. The molecule has 1 fully saturated rings. The standard InChI is InChI=1S/C21H19ClF4N4O4/c22-11-3-9(4-12(7-11)34-21(25)26)17(31)20(33)30-2-1-16(30)19(32)29-8-13-14(23)5-10(18(27)28)6-15(13)24/h3-7,16-17,21,31H,1-2,8H2,(H3,27,28)(H,29,32)/t16-,17?/m0/s1. The number of nitrogen functional groups attached to an aromatic ring is 1. The number of hydrogen-bond acceptors (Lipinski definition) is 5. The summed E-state index contributed by atoms with van der Waals surface area (Å²) in [4.78, 5) is 26.2. The highest BCUT2D eigenvalue weighted by atomic mass is 35.5. The topological polar surface area (TPSA) is 129 Å². The fourth-order valence-corrected chi connectivity index (χ4v) is 3.59. The molecule has 2 aromatic carbocycles. The van der Waals surface area contributed by atoms with E-state index in [2.05, 4.69) is 10.1 Å². The first-order valence-electron chi connectivity index (χ1n) is 9.81. The van der Waals surface area contributed by atoms with Crippen molar-refractivity contribution in [1.29, 1.82) is 5.41 Å². The van der Waals surface area contributed by atoms with E-state index >= 15 is 0 Å². The van der Waals surface area contributed by atoms with Crippen LogP contribution in [-0.4, -0.2) is 46.9 Å². The normalized spacial score (nSPS) is 16.1. The zero-order valence-corrected chi connectivity index (χ0v) is 18.1. The summed E-state index contributed by atoms with van der Waals surface area (Å²) in [7, 11) is 0. The third kappa shape index (κ3) is 5.57. The zero-order chi connectivity index (χ0) is 25.2. The van der Waals surface area contributed by atoms with E-state index in [1.54, 1.807) is 0 Å². The number of ether oxygens (including phenoxy) is 1. The lowest BCUT2D eigenvalue weighted by atomic mass is 9.98. The summed E-state index contributed by atoms with van der Waals surface area (Å²) in [6, 6.07) is 3.99. The Morgan fingerprint density at radius 2 is 1.88 bits per heavy atom. The van der Waals surface area contributed by atoms with Gasteiger partial charge in [-0.1, -0.05) is 11.6 Å². The van der Waals surface area contributed by atoms with E-state index in [9.17, 15) is 32.3 Å². The predicted octanol–water partition coefficient (Wildman–Crippen LogP) is 2.45. The molecule has 0 aliphatic carbocycles. The third-order valence-electron chi connectivity index (χ3n) is 5.17. The average Bonchev–Trinajstić information content (AvgIpc) is 2.70. The van der Waals surface area contributed by atoms with Crippen LogP contribution in [-0.2, 0) is 16.1 Å². The highest BCUT2D eigenvalue weighted by Crippen LogP contribution is 2.29. The van der Waals surface area contributed by atoms with Crippen LogP contribution in [0.25, 0.3) is 0 Å². The van der Waals surface area contributed by atoms with Crippen LogP contribution in [0.5, 0.6) is 5.75 Å². The quantitative estimate of drug-likeness (QED) is 0.250. The molecule has 5 N–H and O–H groups in total. The second kappa shape index (κ2) is 10.3. The number of benzene rings is 2. The molecular weight excluding hydrogens is 484 g/mol. The molecule has 2 amide bonds. The molecule has 2 aromatic rings. The van der Waals surface area contributed by atoms with Gasteiger partial charge in [0.25, 0.3) is 5.91 Å². The fourth-order valence-electron chi connectivity index (χ4n) is 3.36. The van der Waals surface area contributed by atoms with E-state index in [1.165, 1.54) is 6.07 Å². The lowest BCUT2D eigenvalue weighted by Crippen LogP contribution is -2.59. The number of alkyl halides is 2. The highest BCUT2D eigenvalue weighted by molar-refractivity contribution is 6.30. The van der Waals surface area contributed by atoms with Crippen LogP contribution in [0, 0.1) is 17.0 Å². The van der Waals surface area contributed by atoms with Crippen LogP contribution in [0.1, 0.15) is 29.2 Å². The SMILES string of the molecule is N=C(N)c1cc(F)c(CNC(=O)[C@@H]2CCN2C(=O)C(O)c2cc(Cl)cc(OC(F)F)c2)c(F)c1. The van der Waals surface area contributed by atoms with Crippen LogP contribution in [0.15, 0.2) is 30.3 Å². The minimum atomic E-state index is -3.14. The molecule has 0 saturated carbocycles. The monoisotopic (exact) mass is 502 g/mol. The Morgan fingerprint density at radius 1 is 1.24 bits per heavy atom. The van der Waals surface area contributed by atoms with Crippen molar-refractivity contribution in [2.24, 2.45) is 5.73 Å². The molecule has 1 unspecified atom stereocenters. The van der Waals surface area contributed by atoms with Crippen LogP contribution in [0.3, 0.4) is 0 Å². The number of amidine groups is 1. The number of nitrogens with one attached hydrogen (secondary N) is 2. The molecule has 182 valence electrons. The first-order valence-corrected chi connectivity index (χ1v) is 10.2. The number of carbonyl (C=O) groups is 2. The molecule has 2 atom stereocenters. The number of carbonyl (C=O) groups excluding carboxylic acids is 2. The van der Waals surface area contributed by atoms with Crippen molar-refractivity contribution < 1.29 is 37.0 Å². The van der Waals surface area contributed by atoms with Gasteiger partial charge in [-0.05, 0) is 42.3 Å². The number of nitrogens with two attached hydrogens (primary N) is 1. The minimum Gasteiger partial charge on any atom is -0.435 e. The molecule has 3 rings (SSSR count). The van der Waals surface area contributed by atoms with Crippen molar-refractivity contribution >= 4 is 29.3 Å². The van der Waals surface area contributed by atoms with Gasteiger partial charge in [-0.25, -0.2) is 8.78 Å². The van der Waals surface area contributed by atoms with E-state index in [0.29, 0.717) is 0 Å². The number of amides is 2. The first kappa shape index (κ1) is 25.2. The van der Waals surface area contributed by atoms with Crippen molar-refractivity contribution in [3.05, 3.63) is 63.7 Å². The van der Waals surface area contributed by atoms with Crippen LogP contribution >= 0.6 is 11.6 Å². The van der Waals surface area contributed by atoms with E-state index < -0.39 is 60.1 Å². The van der Waals surface area contributed by atoms with Gasteiger partial charge in [-0.15, -0.1) is 0 Å². The Balaban J connectivity index is 1.66. The van der Waals surface area contributed by atoms with E-state index in [-0.39, 0.29) is 34.9 Å². The molecule has 34 heavy (non-hydrogen) atoms. The molecule has 13 heteroatoms. The first-order chi connectivity index (χ1) is 16.0. The Morgan fingerprint density at radius 3 is 2.41 bits per heavy atom. The Kier molecular flexibility index (Phi) is 7.62.